The largest absolute Gasteiger partial charge is 0.365 e. The molecule has 2 aromatic carbocycles. The zero-order chi connectivity index (χ0) is 16.4. The predicted molar refractivity (Wildman–Crippen MR) is 98.2 cm³/mol. The van der Waals surface area contributed by atoms with E-state index in [2.05, 4.69) is 66.8 Å². The van der Waals surface area contributed by atoms with E-state index in [1.165, 1.54) is 29.5 Å². The Morgan fingerprint density at radius 2 is 1.62 bits per heavy atom. The van der Waals surface area contributed by atoms with Crippen LogP contribution in [0.5, 0.6) is 0 Å². The van der Waals surface area contributed by atoms with Crippen LogP contribution in [0.3, 0.4) is 0 Å². The van der Waals surface area contributed by atoms with Crippen LogP contribution in [0.25, 0.3) is 0 Å². The molecule has 0 amide bonds. The van der Waals surface area contributed by atoms with Gasteiger partial charge in [-0.1, -0.05) is 61.5 Å². The van der Waals surface area contributed by atoms with Gasteiger partial charge in [-0.3, -0.25) is 0 Å². The first-order valence-electron chi connectivity index (χ1n) is 9.37. The van der Waals surface area contributed by atoms with Crippen LogP contribution in [-0.4, -0.2) is 18.2 Å². The lowest BCUT2D eigenvalue weighted by Gasteiger charge is -2.33. The van der Waals surface area contributed by atoms with Crippen LogP contribution in [-0.2, 0) is 11.2 Å². The van der Waals surface area contributed by atoms with E-state index in [1.807, 2.05) is 0 Å². The predicted octanol–water partition coefficient (Wildman–Crippen LogP) is 4.64. The standard InChI is InChI=1S/C22H27NO/c1-2-16-8-6-7-11-21(16)22(17-9-4-3-5-10-17)24-20-14-18-12-13-19(15-20)23-18/h3-11,18-20,22-23H,2,12-15H2,1H3/t18-,19+,20?,22?. The Morgan fingerprint density at radius 3 is 2.33 bits per heavy atom. The number of rotatable bonds is 5. The Bertz CT molecular complexity index is 657. The molecule has 126 valence electrons. The van der Waals surface area contributed by atoms with Crippen molar-refractivity contribution in [1.29, 1.82) is 0 Å². The maximum atomic E-state index is 6.75. The highest BCUT2D eigenvalue weighted by Gasteiger charge is 2.35. The number of hydrogen-bond donors (Lipinski definition) is 1. The monoisotopic (exact) mass is 321 g/mol. The first-order valence-corrected chi connectivity index (χ1v) is 9.37. The summed E-state index contributed by atoms with van der Waals surface area (Å²) >= 11 is 0. The lowest BCUT2D eigenvalue weighted by Crippen LogP contribution is -2.41. The molecule has 2 fully saturated rings. The van der Waals surface area contributed by atoms with E-state index in [0.717, 1.165) is 19.3 Å². The van der Waals surface area contributed by atoms with Gasteiger partial charge in [-0.2, -0.15) is 0 Å². The highest BCUT2D eigenvalue weighted by atomic mass is 16.5. The molecule has 0 aromatic heterocycles. The molecule has 2 aliphatic heterocycles. The molecule has 4 atom stereocenters. The van der Waals surface area contributed by atoms with E-state index in [0.29, 0.717) is 18.2 Å². The lowest BCUT2D eigenvalue weighted by molar-refractivity contribution is -0.0185. The van der Waals surface area contributed by atoms with Crippen LogP contribution in [0, 0.1) is 0 Å². The van der Waals surface area contributed by atoms with Gasteiger partial charge in [-0.25, -0.2) is 0 Å². The zero-order valence-corrected chi connectivity index (χ0v) is 14.4. The summed E-state index contributed by atoms with van der Waals surface area (Å²) in [6.07, 6.45) is 6.37. The molecule has 2 nitrogen and oxygen atoms in total. The van der Waals surface area contributed by atoms with Gasteiger partial charge >= 0.3 is 0 Å². The Balaban J connectivity index is 1.63. The third kappa shape index (κ3) is 3.26. The summed E-state index contributed by atoms with van der Waals surface area (Å²) < 4.78 is 6.75. The van der Waals surface area contributed by atoms with Crippen molar-refractivity contribution < 1.29 is 4.74 Å². The maximum absolute atomic E-state index is 6.75. The normalized spacial score (nSPS) is 27.1. The van der Waals surface area contributed by atoms with Gasteiger partial charge in [-0.05, 0) is 48.8 Å². The van der Waals surface area contributed by atoms with Crippen LogP contribution in [0.15, 0.2) is 54.6 Å². The molecule has 0 saturated carbocycles. The molecular formula is C22H27NO. The number of fused-ring (bicyclic) bond motifs is 2. The van der Waals surface area contributed by atoms with Crippen molar-refractivity contribution in [2.24, 2.45) is 0 Å². The molecule has 2 aromatic rings. The summed E-state index contributed by atoms with van der Waals surface area (Å²) in [7, 11) is 0. The van der Waals surface area contributed by atoms with Crippen LogP contribution >= 0.6 is 0 Å². The molecule has 24 heavy (non-hydrogen) atoms. The van der Waals surface area contributed by atoms with Gasteiger partial charge in [-0.15, -0.1) is 0 Å². The van der Waals surface area contributed by atoms with Gasteiger partial charge in [0.25, 0.3) is 0 Å². The number of nitrogens with one attached hydrogen (secondary N) is 1. The first kappa shape index (κ1) is 15.9. The third-order valence-corrected chi connectivity index (χ3v) is 5.58. The van der Waals surface area contributed by atoms with Gasteiger partial charge in [0.15, 0.2) is 0 Å². The lowest BCUT2D eigenvalue weighted by atomic mass is 9.94. The molecule has 0 radical (unpaired) electrons. The number of benzene rings is 2. The number of ether oxygens (including phenoxy) is 1. The summed E-state index contributed by atoms with van der Waals surface area (Å²) in [4.78, 5) is 0. The van der Waals surface area contributed by atoms with Crippen molar-refractivity contribution in [3.8, 4) is 0 Å². The molecular weight excluding hydrogens is 294 g/mol. The first-order chi connectivity index (χ1) is 11.8. The fourth-order valence-corrected chi connectivity index (χ4v) is 4.38. The topological polar surface area (TPSA) is 21.3 Å². The Labute approximate surface area is 145 Å². The summed E-state index contributed by atoms with van der Waals surface area (Å²) in [6, 6.07) is 20.8. The van der Waals surface area contributed by atoms with Crippen molar-refractivity contribution in [2.75, 3.05) is 0 Å². The van der Waals surface area contributed by atoms with E-state index >= 15 is 0 Å². The molecule has 2 heteroatoms. The van der Waals surface area contributed by atoms with Gasteiger partial charge in [0.2, 0.25) is 0 Å². The molecule has 1 N–H and O–H groups in total. The summed E-state index contributed by atoms with van der Waals surface area (Å²) in [5, 5.41) is 3.72. The maximum Gasteiger partial charge on any atom is 0.108 e. The van der Waals surface area contributed by atoms with Crippen molar-refractivity contribution >= 4 is 0 Å². The molecule has 0 aliphatic carbocycles. The quantitative estimate of drug-likeness (QED) is 0.866. The highest BCUT2D eigenvalue weighted by Crippen LogP contribution is 2.35. The van der Waals surface area contributed by atoms with E-state index in [9.17, 15) is 0 Å². The van der Waals surface area contributed by atoms with Gasteiger partial charge in [0.05, 0.1) is 6.10 Å². The summed E-state index contributed by atoms with van der Waals surface area (Å²) in [5.41, 5.74) is 3.99. The Hall–Kier alpha value is -1.64. The minimum Gasteiger partial charge on any atom is -0.365 e. The van der Waals surface area contributed by atoms with Gasteiger partial charge in [0, 0.05) is 12.1 Å². The molecule has 0 spiro atoms. The van der Waals surface area contributed by atoms with Crippen LogP contribution in [0.1, 0.15) is 55.4 Å². The average Bonchev–Trinajstić information content (AvgIpc) is 2.98. The Kier molecular flexibility index (Phi) is 4.68. The Morgan fingerprint density at radius 1 is 0.958 bits per heavy atom. The van der Waals surface area contributed by atoms with Crippen LogP contribution in [0.2, 0.25) is 0 Å². The minimum atomic E-state index is 0.0462. The number of aryl methyl sites for hydroxylation is 1. The van der Waals surface area contributed by atoms with E-state index in [-0.39, 0.29) is 6.10 Å². The van der Waals surface area contributed by atoms with Crippen molar-refractivity contribution in [1.82, 2.24) is 5.32 Å². The molecule has 2 aliphatic rings. The van der Waals surface area contributed by atoms with Crippen molar-refractivity contribution in [3.63, 3.8) is 0 Å². The molecule has 2 heterocycles. The summed E-state index contributed by atoms with van der Waals surface area (Å²) in [5.74, 6) is 0. The van der Waals surface area contributed by atoms with Gasteiger partial charge < -0.3 is 10.1 Å². The average molecular weight is 321 g/mol. The SMILES string of the molecule is CCc1ccccc1C(OC1C[C@H]2CC[C@@H](C1)N2)c1ccccc1. The zero-order valence-electron chi connectivity index (χ0n) is 14.4. The van der Waals surface area contributed by atoms with Gasteiger partial charge in [0.1, 0.15) is 6.10 Å². The number of piperidine rings is 1. The molecule has 4 rings (SSSR count). The van der Waals surface area contributed by atoms with E-state index < -0.39 is 0 Å². The number of hydrogen-bond acceptors (Lipinski definition) is 2. The molecule has 2 bridgehead atoms. The molecule has 2 unspecified atom stereocenters. The third-order valence-electron chi connectivity index (χ3n) is 5.58. The highest BCUT2D eigenvalue weighted by molar-refractivity contribution is 5.36. The minimum absolute atomic E-state index is 0.0462. The second kappa shape index (κ2) is 7.08. The van der Waals surface area contributed by atoms with E-state index in [1.54, 1.807) is 0 Å². The molecule has 2 saturated heterocycles. The fraction of sp³-hybridized carbons (Fsp3) is 0.455. The second-order valence-electron chi connectivity index (χ2n) is 7.21. The van der Waals surface area contributed by atoms with Crippen molar-refractivity contribution in [2.45, 2.75) is 63.3 Å². The van der Waals surface area contributed by atoms with Crippen LogP contribution in [0.4, 0.5) is 0 Å². The van der Waals surface area contributed by atoms with Crippen LogP contribution < -0.4 is 5.32 Å². The smallest absolute Gasteiger partial charge is 0.108 e. The fourth-order valence-electron chi connectivity index (χ4n) is 4.38. The van der Waals surface area contributed by atoms with Crippen molar-refractivity contribution in [3.05, 3.63) is 71.3 Å². The summed E-state index contributed by atoms with van der Waals surface area (Å²) in [6.45, 7) is 2.23. The van der Waals surface area contributed by atoms with E-state index in [4.69, 9.17) is 4.74 Å². The second-order valence-corrected chi connectivity index (χ2v) is 7.21.